The van der Waals surface area contributed by atoms with Crippen LogP contribution in [0.2, 0.25) is 0 Å². The Hall–Kier alpha value is -4.77. The third-order valence-electron chi connectivity index (χ3n) is 5.66. The van der Waals surface area contributed by atoms with Crippen LogP contribution in [0.3, 0.4) is 0 Å². The molecule has 10 nitrogen and oxygen atoms in total. The lowest BCUT2D eigenvalue weighted by atomic mass is 10.1. The molecule has 0 saturated heterocycles. The Bertz CT molecular complexity index is 1610. The molecule has 192 valence electrons. The van der Waals surface area contributed by atoms with Crippen molar-refractivity contribution >= 4 is 45.0 Å². The van der Waals surface area contributed by atoms with Crippen LogP contribution in [-0.2, 0) is 0 Å². The van der Waals surface area contributed by atoms with E-state index in [9.17, 15) is 9.59 Å². The Labute approximate surface area is 222 Å². The van der Waals surface area contributed by atoms with Gasteiger partial charge in [0.15, 0.2) is 0 Å². The molecule has 3 N–H and O–H groups in total. The minimum atomic E-state index is -0.408. The number of nitrogens with one attached hydrogen (secondary N) is 3. The molecule has 0 bridgehead atoms. The predicted molar refractivity (Wildman–Crippen MR) is 148 cm³/mol. The Balaban J connectivity index is 1.28. The first-order valence-corrected chi connectivity index (χ1v) is 12.7. The third kappa shape index (κ3) is 5.47. The number of carbonyl (C=O) groups is 2. The van der Waals surface area contributed by atoms with Crippen LogP contribution in [0.1, 0.15) is 35.9 Å². The van der Waals surface area contributed by atoms with Crippen LogP contribution < -0.4 is 20.7 Å². The topological polar surface area (TPSA) is 123 Å². The van der Waals surface area contributed by atoms with E-state index >= 15 is 0 Å². The highest BCUT2D eigenvalue weighted by molar-refractivity contribution is 7.16. The summed E-state index contributed by atoms with van der Waals surface area (Å²) in [5.41, 5.74) is 5.18. The fourth-order valence-electron chi connectivity index (χ4n) is 3.69. The third-order valence-corrected chi connectivity index (χ3v) is 6.47. The van der Waals surface area contributed by atoms with E-state index in [0.29, 0.717) is 23.0 Å². The van der Waals surface area contributed by atoms with Crippen molar-refractivity contribution in [2.24, 2.45) is 0 Å². The fourth-order valence-corrected chi connectivity index (χ4v) is 4.35. The Morgan fingerprint density at radius 1 is 0.947 bits per heavy atom. The molecule has 3 heterocycles. The van der Waals surface area contributed by atoms with Crippen LogP contribution in [0.15, 0.2) is 72.4 Å². The Morgan fingerprint density at radius 3 is 2.53 bits per heavy atom. The molecule has 0 unspecified atom stereocenters. The van der Waals surface area contributed by atoms with Crippen molar-refractivity contribution in [3.63, 3.8) is 0 Å². The molecular formula is C27H25N7O3S. The maximum Gasteiger partial charge on any atom is 0.324 e. The summed E-state index contributed by atoms with van der Waals surface area (Å²) in [7, 11) is 1.54. The number of thiazole rings is 1. The van der Waals surface area contributed by atoms with E-state index in [1.54, 1.807) is 57.9 Å². The molecule has 0 spiro atoms. The average molecular weight is 528 g/mol. The SMILES string of the molecule is CNC(=O)c1cc(Oc2ccc(NC(=O)Nc3cc(C(C)C)nn3-c3ccc4scnc4c3)cc2)ccn1. The van der Waals surface area contributed by atoms with Gasteiger partial charge < -0.3 is 15.4 Å². The van der Waals surface area contributed by atoms with Crippen LogP contribution in [-0.4, -0.2) is 38.7 Å². The minimum absolute atomic E-state index is 0.184. The second-order valence-corrected chi connectivity index (χ2v) is 9.57. The van der Waals surface area contributed by atoms with Crippen LogP contribution >= 0.6 is 11.3 Å². The summed E-state index contributed by atoms with van der Waals surface area (Å²) in [6, 6.07) is 17.5. The first-order chi connectivity index (χ1) is 18.4. The highest BCUT2D eigenvalue weighted by atomic mass is 32.1. The first kappa shape index (κ1) is 24.9. The van der Waals surface area contributed by atoms with E-state index in [1.165, 1.54) is 13.2 Å². The van der Waals surface area contributed by atoms with Gasteiger partial charge in [-0.3, -0.25) is 15.1 Å². The summed E-state index contributed by atoms with van der Waals surface area (Å²) in [6.45, 7) is 4.10. The number of ether oxygens (including phenoxy) is 1. The van der Waals surface area contributed by atoms with Gasteiger partial charge in [-0.2, -0.15) is 5.10 Å². The maximum atomic E-state index is 12.9. The molecule has 0 aliphatic heterocycles. The number of pyridine rings is 1. The maximum absolute atomic E-state index is 12.9. The summed E-state index contributed by atoms with van der Waals surface area (Å²) in [5.74, 6) is 1.45. The zero-order chi connectivity index (χ0) is 26.6. The number of hydrogen-bond acceptors (Lipinski definition) is 7. The fraction of sp³-hybridized carbons (Fsp3) is 0.148. The zero-order valence-electron chi connectivity index (χ0n) is 20.9. The molecule has 0 fully saturated rings. The number of amides is 3. The van der Waals surface area contributed by atoms with E-state index in [4.69, 9.17) is 9.84 Å². The van der Waals surface area contributed by atoms with Crippen LogP contribution in [0.25, 0.3) is 15.9 Å². The smallest absolute Gasteiger partial charge is 0.324 e. The van der Waals surface area contributed by atoms with Crippen molar-refractivity contribution in [1.82, 2.24) is 25.1 Å². The second kappa shape index (κ2) is 10.7. The quantitative estimate of drug-likeness (QED) is 0.246. The van der Waals surface area contributed by atoms with Gasteiger partial charge in [0.2, 0.25) is 0 Å². The molecule has 5 aromatic rings. The van der Waals surface area contributed by atoms with Gasteiger partial charge in [-0.15, -0.1) is 11.3 Å². The zero-order valence-corrected chi connectivity index (χ0v) is 21.7. The van der Waals surface area contributed by atoms with Gasteiger partial charge in [0.25, 0.3) is 5.91 Å². The highest BCUT2D eigenvalue weighted by Crippen LogP contribution is 2.27. The van der Waals surface area contributed by atoms with Crippen molar-refractivity contribution in [2.45, 2.75) is 19.8 Å². The van der Waals surface area contributed by atoms with Gasteiger partial charge >= 0.3 is 6.03 Å². The molecule has 0 aliphatic carbocycles. The van der Waals surface area contributed by atoms with Crippen molar-refractivity contribution in [1.29, 1.82) is 0 Å². The van der Waals surface area contributed by atoms with Gasteiger partial charge in [0.1, 0.15) is 23.0 Å². The number of aromatic nitrogens is 4. The summed E-state index contributed by atoms with van der Waals surface area (Å²) < 4.78 is 8.62. The molecule has 0 radical (unpaired) electrons. The number of hydrogen-bond donors (Lipinski definition) is 3. The van der Waals surface area contributed by atoms with Gasteiger partial charge in [0.05, 0.1) is 27.1 Å². The number of benzene rings is 2. The van der Waals surface area contributed by atoms with Gasteiger partial charge in [0, 0.05) is 31.1 Å². The van der Waals surface area contributed by atoms with Gasteiger partial charge in [-0.05, 0) is 54.4 Å². The molecule has 2 aromatic carbocycles. The van der Waals surface area contributed by atoms with E-state index in [2.05, 4.69) is 39.8 Å². The van der Waals surface area contributed by atoms with E-state index < -0.39 is 6.03 Å². The average Bonchev–Trinajstić information content (AvgIpc) is 3.56. The molecule has 5 rings (SSSR count). The molecule has 0 atom stereocenters. The molecule has 3 aromatic heterocycles. The van der Waals surface area contributed by atoms with Crippen molar-refractivity contribution in [3.8, 4) is 17.2 Å². The number of nitrogens with zero attached hydrogens (tertiary/aromatic N) is 4. The molecular weight excluding hydrogens is 502 g/mol. The van der Waals surface area contributed by atoms with Gasteiger partial charge in [-0.25, -0.2) is 14.5 Å². The van der Waals surface area contributed by atoms with Crippen molar-refractivity contribution < 1.29 is 14.3 Å². The number of rotatable bonds is 7. The van der Waals surface area contributed by atoms with Crippen LogP contribution in [0.4, 0.5) is 16.3 Å². The minimum Gasteiger partial charge on any atom is -0.457 e. The first-order valence-electron chi connectivity index (χ1n) is 11.9. The molecule has 11 heteroatoms. The molecule has 0 aliphatic rings. The van der Waals surface area contributed by atoms with Crippen LogP contribution in [0.5, 0.6) is 11.5 Å². The number of carbonyl (C=O) groups excluding carboxylic acids is 2. The lowest BCUT2D eigenvalue weighted by molar-refractivity contribution is 0.0958. The van der Waals surface area contributed by atoms with Crippen molar-refractivity contribution in [3.05, 3.63) is 83.8 Å². The molecule has 0 saturated carbocycles. The summed E-state index contributed by atoms with van der Waals surface area (Å²) in [5, 5.41) is 13.0. The second-order valence-electron chi connectivity index (χ2n) is 8.69. The largest absolute Gasteiger partial charge is 0.457 e. The number of fused-ring (bicyclic) bond motifs is 1. The summed E-state index contributed by atoms with van der Waals surface area (Å²) in [4.78, 5) is 33.1. The lowest BCUT2D eigenvalue weighted by Gasteiger charge is -2.11. The van der Waals surface area contributed by atoms with Crippen molar-refractivity contribution in [2.75, 3.05) is 17.7 Å². The van der Waals surface area contributed by atoms with E-state index in [-0.39, 0.29) is 17.5 Å². The normalized spacial score (nSPS) is 10.9. The number of urea groups is 1. The van der Waals surface area contributed by atoms with Crippen LogP contribution in [0, 0.1) is 0 Å². The van der Waals surface area contributed by atoms with E-state index in [1.807, 2.05) is 24.3 Å². The molecule has 38 heavy (non-hydrogen) atoms. The number of anilines is 2. The predicted octanol–water partition coefficient (Wildman–Crippen LogP) is 5.80. The Kier molecular flexibility index (Phi) is 7.00. The molecule has 3 amide bonds. The highest BCUT2D eigenvalue weighted by Gasteiger charge is 2.15. The lowest BCUT2D eigenvalue weighted by Crippen LogP contribution is -2.21. The summed E-state index contributed by atoms with van der Waals surface area (Å²) >= 11 is 1.57. The van der Waals surface area contributed by atoms with Gasteiger partial charge in [-0.1, -0.05) is 13.8 Å². The standard InChI is InChI=1S/C27H25N7O3S/c1-16(2)21-14-25(34(33-21)18-6-9-24-22(12-18)30-15-38-24)32-27(36)31-17-4-7-19(8-5-17)37-20-10-11-29-23(13-20)26(35)28-3/h4-16H,1-3H3,(H,28,35)(H2,31,32,36). The van der Waals surface area contributed by atoms with E-state index in [0.717, 1.165) is 21.6 Å². The Morgan fingerprint density at radius 2 is 1.76 bits per heavy atom. The summed E-state index contributed by atoms with van der Waals surface area (Å²) in [6.07, 6.45) is 1.50. The monoisotopic (exact) mass is 527 g/mol.